The van der Waals surface area contributed by atoms with E-state index in [-0.39, 0.29) is 17.8 Å². The Morgan fingerprint density at radius 2 is 2.11 bits per heavy atom. The van der Waals surface area contributed by atoms with E-state index in [0.717, 1.165) is 62.6 Å². The molecule has 5 rings (SSSR count). The lowest BCUT2D eigenvalue weighted by Gasteiger charge is -2.30. The topological polar surface area (TPSA) is 82.8 Å². The van der Waals surface area contributed by atoms with Gasteiger partial charge in [0.2, 0.25) is 0 Å². The molecule has 2 aliphatic rings. The fourth-order valence-electron chi connectivity index (χ4n) is 5.48. The lowest BCUT2D eigenvalue weighted by Crippen LogP contribution is -2.44. The maximum absolute atomic E-state index is 13.8. The van der Waals surface area contributed by atoms with Crippen LogP contribution in [0.3, 0.4) is 0 Å². The number of urea groups is 1. The molecular weight excluding hydrogens is 469 g/mol. The van der Waals surface area contributed by atoms with Crippen LogP contribution in [0.4, 0.5) is 14.9 Å². The summed E-state index contributed by atoms with van der Waals surface area (Å²) in [6.45, 7) is 0.969. The zero-order chi connectivity index (χ0) is 24.4. The lowest BCUT2D eigenvalue weighted by atomic mass is 9.76. The molecule has 3 unspecified atom stereocenters. The number of carbonyl (C=O) groups excluding carboxylic acids is 1. The van der Waals surface area contributed by atoms with Crippen LogP contribution in [0.2, 0.25) is 5.02 Å². The first kappa shape index (κ1) is 24.0. The first-order valence-electron chi connectivity index (χ1n) is 12.5. The number of aryl methyl sites for hydroxylation is 1. The number of hydrogen-bond acceptors (Lipinski definition) is 4. The van der Waals surface area contributed by atoms with Gasteiger partial charge in [-0.05, 0) is 80.2 Å². The van der Waals surface area contributed by atoms with Gasteiger partial charge in [0, 0.05) is 30.0 Å². The Bertz CT molecular complexity index is 1200. The molecule has 2 amide bonds. The average molecular weight is 500 g/mol. The Morgan fingerprint density at radius 1 is 1.23 bits per heavy atom. The number of piperidine rings is 1. The molecule has 2 aromatic heterocycles. The van der Waals surface area contributed by atoms with Crippen LogP contribution in [-0.4, -0.2) is 49.8 Å². The molecule has 1 aliphatic heterocycles. The Morgan fingerprint density at radius 3 is 2.97 bits per heavy atom. The van der Waals surface area contributed by atoms with Crippen molar-refractivity contribution in [3.05, 3.63) is 58.8 Å². The highest BCUT2D eigenvalue weighted by molar-refractivity contribution is 6.31. The molecule has 1 saturated carbocycles. The second kappa shape index (κ2) is 10.5. The summed E-state index contributed by atoms with van der Waals surface area (Å²) in [5.74, 6) is 0.585. The number of aromatic nitrogens is 3. The smallest absolute Gasteiger partial charge is 0.322 e. The molecule has 186 valence electrons. The van der Waals surface area contributed by atoms with Crippen LogP contribution in [0.15, 0.2) is 36.7 Å². The molecular formula is C26H31ClFN5O2. The van der Waals surface area contributed by atoms with E-state index in [2.05, 4.69) is 10.4 Å². The standard InChI is InChI=1S/C26H31ClFN5O2/c27-23-9-7-19(28)14-22(23)18-4-1-3-17(13-18)6-8-20-10-12-33-25(30-20)24(15-29-33)31-26(35)32-11-2-5-21(34)16-32/h7,9-10,12,14-15,17-18,21,34H,1-6,8,11,13,16H2,(H,31,35). The first-order valence-corrected chi connectivity index (χ1v) is 12.9. The van der Waals surface area contributed by atoms with E-state index in [1.165, 1.54) is 6.07 Å². The number of likely N-dealkylation sites (tertiary alicyclic amines) is 1. The van der Waals surface area contributed by atoms with Crippen molar-refractivity contribution in [2.24, 2.45) is 5.92 Å². The maximum Gasteiger partial charge on any atom is 0.322 e. The third-order valence-corrected chi connectivity index (χ3v) is 7.69. The van der Waals surface area contributed by atoms with Crippen LogP contribution < -0.4 is 5.32 Å². The largest absolute Gasteiger partial charge is 0.391 e. The van der Waals surface area contributed by atoms with E-state index in [0.29, 0.717) is 35.4 Å². The van der Waals surface area contributed by atoms with E-state index in [9.17, 15) is 14.3 Å². The summed E-state index contributed by atoms with van der Waals surface area (Å²) in [4.78, 5) is 19.1. The molecule has 1 aliphatic carbocycles. The number of anilines is 1. The predicted molar refractivity (Wildman–Crippen MR) is 133 cm³/mol. The van der Waals surface area contributed by atoms with Gasteiger partial charge < -0.3 is 15.3 Å². The van der Waals surface area contributed by atoms with Gasteiger partial charge in [0.25, 0.3) is 0 Å². The van der Waals surface area contributed by atoms with Crippen molar-refractivity contribution in [2.75, 3.05) is 18.4 Å². The van der Waals surface area contributed by atoms with Crippen LogP contribution >= 0.6 is 11.6 Å². The number of halogens is 2. The van der Waals surface area contributed by atoms with Crippen molar-refractivity contribution >= 4 is 29.0 Å². The summed E-state index contributed by atoms with van der Waals surface area (Å²) in [6, 6.07) is 6.39. The molecule has 35 heavy (non-hydrogen) atoms. The van der Waals surface area contributed by atoms with Gasteiger partial charge in [0.05, 0.1) is 12.3 Å². The summed E-state index contributed by atoms with van der Waals surface area (Å²) in [5, 5.41) is 17.7. The van der Waals surface area contributed by atoms with E-state index >= 15 is 0 Å². The van der Waals surface area contributed by atoms with Crippen molar-refractivity contribution in [3.8, 4) is 0 Å². The minimum absolute atomic E-state index is 0.232. The Hall–Kier alpha value is -2.71. The number of benzene rings is 1. The number of nitrogens with zero attached hydrogens (tertiary/aromatic N) is 4. The van der Waals surface area contributed by atoms with E-state index in [1.54, 1.807) is 27.7 Å². The average Bonchev–Trinajstić information content (AvgIpc) is 3.26. The van der Waals surface area contributed by atoms with Crippen molar-refractivity contribution in [3.63, 3.8) is 0 Å². The maximum atomic E-state index is 13.8. The van der Waals surface area contributed by atoms with Crippen molar-refractivity contribution < 1.29 is 14.3 Å². The summed E-state index contributed by atoms with van der Waals surface area (Å²) in [5.41, 5.74) is 3.06. The quantitative estimate of drug-likeness (QED) is 0.491. The minimum Gasteiger partial charge on any atom is -0.391 e. The molecule has 3 atom stereocenters. The number of carbonyl (C=O) groups is 1. The summed E-state index contributed by atoms with van der Waals surface area (Å²) >= 11 is 6.37. The van der Waals surface area contributed by atoms with Crippen LogP contribution in [0.25, 0.3) is 5.65 Å². The van der Waals surface area contributed by atoms with Gasteiger partial charge in [-0.25, -0.2) is 18.7 Å². The second-order valence-corrected chi connectivity index (χ2v) is 10.3. The monoisotopic (exact) mass is 499 g/mol. The van der Waals surface area contributed by atoms with E-state index < -0.39 is 6.10 Å². The van der Waals surface area contributed by atoms with Gasteiger partial charge >= 0.3 is 6.03 Å². The third-order valence-electron chi connectivity index (χ3n) is 7.34. The zero-order valence-electron chi connectivity index (χ0n) is 19.7. The number of nitrogens with one attached hydrogen (secondary N) is 1. The van der Waals surface area contributed by atoms with Crippen molar-refractivity contribution in [1.29, 1.82) is 0 Å². The van der Waals surface area contributed by atoms with Gasteiger partial charge in [-0.15, -0.1) is 0 Å². The Balaban J connectivity index is 1.23. The van der Waals surface area contributed by atoms with E-state index in [1.807, 2.05) is 12.3 Å². The highest BCUT2D eigenvalue weighted by atomic mass is 35.5. The molecule has 2 fully saturated rings. The Kier molecular flexibility index (Phi) is 7.20. The molecule has 0 spiro atoms. The molecule has 1 aromatic carbocycles. The number of aliphatic hydroxyl groups is 1. The molecule has 0 radical (unpaired) electrons. The van der Waals surface area contributed by atoms with Gasteiger partial charge in [-0.3, -0.25) is 0 Å². The van der Waals surface area contributed by atoms with Crippen molar-refractivity contribution in [1.82, 2.24) is 19.5 Å². The number of hydrogen-bond donors (Lipinski definition) is 2. The lowest BCUT2D eigenvalue weighted by molar-refractivity contribution is 0.0883. The summed E-state index contributed by atoms with van der Waals surface area (Å²) in [6.07, 6.45) is 10.6. The summed E-state index contributed by atoms with van der Waals surface area (Å²) < 4.78 is 15.4. The molecule has 7 nitrogen and oxygen atoms in total. The minimum atomic E-state index is -0.473. The van der Waals surface area contributed by atoms with Crippen LogP contribution in [0.5, 0.6) is 0 Å². The summed E-state index contributed by atoms with van der Waals surface area (Å²) in [7, 11) is 0. The zero-order valence-corrected chi connectivity index (χ0v) is 20.4. The van der Waals surface area contributed by atoms with Crippen LogP contribution in [0, 0.1) is 11.7 Å². The highest BCUT2D eigenvalue weighted by Crippen LogP contribution is 2.40. The SMILES string of the molecule is O=C(Nc1cnn2ccc(CCC3CCCC(c4cc(F)ccc4Cl)C3)nc12)N1CCCC(O)C1. The van der Waals surface area contributed by atoms with Crippen molar-refractivity contribution in [2.45, 2.75) is 63.4 Å². The fourth-order valence-corrected chi connectivity index (χ4v) is 5.75. The van der Waals surface area contributed by atoms with E-state index in [4.69, 9.17) is 16.6 Å². The van der Waals surface area contributed by atoms with Crippen LogP contribution in [0.1, 0.15) is 62.1 Å². The van der Waals surface area contributed by atoms with Gasteiger partial charge in [-0.2, -0.15) is 5.10 Å². The van der Waals surface area contributed by atoms with Crippen LogP contribution in [-0.2, 0) is 6.42 Å². The second-order valence-electron chi connectivity index (χ2n) is 9.85. The number of aliphatic hydroxyl groups excluding tert-OH is 1. The van der Waals surface area contributed by atoms with Gasteiger partial charge in [0.1, 0.15) is 11.5 Å². The molecule has 2 N–H and O–H groups in total. The number of rotatable bonds is 5. The van der Waals surface area contributed by atoms with Gasteiger partial charge in [-0.1, -0.05) is 24.4 Å². The molecule has 1 saturated heterocycles. The molecule has 3 heterocycles. The normalized spacial score (nSPS) is 22.9. The van der Waals surface area contributed by atoms with Gasteiger partial charge in [0.15, 0.2) is 5.65 Å². The first-order chi connectivity index (χ1) is 17.0. The Labute approximate surface area is 209 Å². The fraction of sp³-hybridized carbons (Fsp3) is 0.500. The molecule has 0 bridgehead atoms. The highest BCUT2D eigenvalue weighted by Gasteiger charge is 2.26. The molecule has 9 heteroatoms. The number of fused-ring (bicyclic) bond motifs is 1. The molecule has 3 aromatic rings. The third kappa shape index (κ3) is 5.59. The number of β-amino-alcohol motifs (C(OH)–C–C–N with tert-alkyl or cyclic N) is 1. The predicted octanol–water partition coefficient (Wildman–Crippen LogP) is 5.42. The number of amides is 2.